The van der Waals surface area contributed by atoms with Gasteiger partial charge in [0.15, 0.2) is 5.82 Å². The summed E-state index contributed by atoms with van der Waals surface area (Å²) in [5, 5.41) is 9.31. The van der Waals surface area contributed by atoms with Crippen molar-refractivity contribution in [3.8, 4) is 28.5 Å². The summed E-state index contributed by atoms with van der Waals surface area (Å²) in [4.78, 5) is 16.4. The van der Waals surface area contributed by atoms with Crippen LogP contribution in [0.25, 0.3) is 110 Å². The second-order valence-corrected chi connectivity index (χ2v) is 13.6. The molecule has 0 saturated heterocycles. The molecule has 12 rings (SSSR count). The van der Waals surface area contributed by atoms with Crippen LogP contribution in [0.15, 0.2) is 164 Å². The molecular formula is C47H27N5. The van der Waals surface area contributed by atoms with E-state index < -0.39 is 0 Å². The normalized spacial score (nSPS) is 12.2. The van der Waals surface area contributed by atoms with Gasteiger partial charge in [0, 0.05) is 32.7 Å². The van der Waals surface area contributed by atoms with Crippen LogP contribution in [0.2, 0.25) is 0 Å². The third-order valence-corrected chi connectivity index (χ3v) is 10.8. The van der Waals surface area contributed by atoms with Crippen molar-refractivity contribution in [3.63, 3.8) is 0 Å². The molecule has 240 valence electrons. The van der Waals surface area contributed by atoms with E-state index in [1.165, 1.54) is 32.3 Å². The third kappa shape index (κ3) is 3.69. The Morgan fingerprint density at radius 1 is 0.404 bits per heavy atom. The molecule has 0 aliphatic carbocycles. The first-order valence-electron chi connectivity index (χ1n) is 17.6. The molecule has 0 spiro atoms. The molecule has 0 bridgehead atoms. The highest BCUT2D eigenvalue weighted by Crippen LogP contribution is 2.45. The van der Waals surface area contributed by atoms with Crippen molar-refractivity contribution < 1.29 is 0 Å². The van der Waals surface area contributed by atoms with Crippen molar-refractivity contribution in [2.24, 2.45) is 0 Å². The lowest BCUT2D eigenvalue weighted by Crippen LogP contribution is -2.04. The van der Waals surface area contributed by atoms with Crippen LogP contribution in [0.1, 0.15) is 0 Å². The van der Waals surface area contributed by atoms with Crippen molar-refractivity contribution >= 4 is 81.7 Å². The van der Waals surface area contributed by atoms with Crippen LogP contribution in [0.3, 0.4) is 0 Å². The van der Waals surface area contributed by atoms with Gasteiger partial charge in [0.2, 0.25) is 0 Å². The molecule has 0 aliphatic rings. The number of aromatic nitrogens is 5. The van der Waals surface area contributed by atoms with Crippen LogP contribution in [0.4, 0.5) is 0 Å². The SMILES string of the molecule is c1ccc(-c2nc3ccc4c5c6c(cccc6n4-c4nc6c(ccc7ccccc76)nc4-c4ccc6ccccc6c4)c4ccccc4n2c35)cc1. The Morgan fingerprint density at radius 2 is 1.10 bits per heavy atom. The lowest BCUT2D eigenvalue weighted by molar-refractivity contribution is 1.08. The van der Waals surface area contributed by atoms with Crippen molar-refractivity contribution in [1.29, 1.82) is 0 Å². The minimum atomic E-state index is 0.804. The van der Waals surface area contributed by atoms with Gasteiger partial charge in [-0.25, -0.2) is 15.0 Å². The summed E-state index contributed by atoms with van der Waals surface area (Å²) >= 11 is 0. The highest BCUT2D eigenvalue weighted by atomic mass is 15.1. The number of benzene rings is 8. The Labute approximate surface area is 297 Å². The van der Waals surface area contributed by atoms with E-state index in [1.54, 1.807) is 0 Å². The summed E-state index contributed by atoms with van der Waals surface area (Å²) in [5.41, 5.74) is 10.0. The number of fused-ring (bicyclic) bond motifs is 7. The Morgan fingerprint density at radius 3 is 2.00 bits per heavy atom. The highest BCUT2D eigenvalue weighted by Gasteiger charge is 2.26. The fourth-order valence-corrected chi connectivity index (χ4v) is 8.54. The van der Waals surface area contributed by atoms with Gasteiger partial charge in [0.25, 0.3) is 0 Å². The predicted octanol–water partition coefficient (Wildman–Crippen LogP) is 11.8. The zero-order chi connectivity index (χ0) is 33.9. The predicted molar refractivity (Wildman–Crippen MR) is 215 cm³/mol. The first-order valence-corrected chi connectivity index (χ1v) is 17.6. The molecule has 12 aromatic rings. The van der Waals surface area contributed by atoms with E-state index in [2.05, 4.69) is 173 Å². The minimum Gasteiger partial charge on any atom is -0.292 e. The summed E-state index contributed by atoms with van der Waals surface area (Å²) in [6.45, 7) is 0. The highest BCUT2D eigenvalue weighted by molar-refractivity contribution is 6.30. The quantitative estimate of drug-likeness (QED) is 0.177. The number of para-hydroxylation sites is 1. The van der Waals surface area contributed by atoms with E-state index in [0.717, 1.165) is 77.9 Å². The van der Waals surface area contributed by atoms with Crippen molar-refractivity contribution in [2.45, 2.75) is 0 Å². The van der Waals surface area contributed by atoms with Crippen LogP contribution in [-0.4, -0.2) is 23.9 Å². The molecule has 0 fully saturated rings. The maximum absolute atomic E-state index is 5.63. The molecule has 0 N–H and O–H groups in total. The van der Waals surface area contributed by atoms with Crippen LogP contribution in [0.5, 0.6) is 0 Å². The zero-order valence-electron chi connectivity index (χ0n) is 27.8. The van der Waals surface area contributed by atoms with Gasteiger partial charge < -0.3 is 0 Å². The van der Waals surface area contributed by atoms with Gasteiger partial charge in [-0.1, -0.05) is 127 Å². The van der Waals surface area contributed by atoms with Gasteiger partial charge in [0.05, 0.1) is 38.6 Å². The fourth-order valence-electron chi connectivity index (χ4n) is 8.54. The maximum atomic E-state index is 5.63. The summed E-state index contributed by atoms with van der Waals surface area (Å²) in [6, 6.07) is 58.1. The molecule has 0 radical (unpaired) electrons. The van der Waals surface area contributed by atoms with E-state index >= 15 is 0 Å². The maximum Gasteiger partial charge on any atom is 0.165 e. The largest absolute Gasteiger partial charge is 0.292 e. The molecule has 4 heterocycles. The molecular weight excluding hydrogens is 635 g/mol. The van der Waals surface area contributed by atoms with Gasteiger partial charge in [-0.3, -0.25) is 8.97 Å². The van der Waals surface area contributed by atoms with Gasteiger partial charge in [-0.15, -0.1) is 0 Å². The Kier molecular flexibility index (Phi) is 5.44. The van der Waals surface area contributed by atoms with Crippen LogP contribution in [-0.2, 0) is 0 Å². The lowest BCUT2D eigenvalue weighted by atomic mass is 10.0. The Bertz CT molecular complexity index is 3410. The number of rotatable bonds is 3. The lowest BCUT2D eigenvalue weighted by Gasteiger charge is -2.15. The molecule has 8 aromatic carbocycles. The first-order chi connectivity index (χ1) is 25.8. The smallest absolute Gasteiger partial charge is 0.165 e. The summed E-state index contributed by atoms with van der Waals surface area (Å²) in [6.07, 6.45) is 0. The second kappa shape index (κ2) is 10.2. The summed E-state index contributed by atoms with van der Waals surface area (Å²) in [7, 11) is 0. The fraction of sp³-hybridized carbons (Fsp3) is 0. The average molecular weight is 662 g/mol. The average Bonchev–Trinajstić information content (AvgIpc) is 3.73. The molecule has 5 heteroatoms. The summed E-state index contributed by atoms with van der Waals surface area (Å²) < 4.78 is 4.72. The third-order valence-electron chi connectivity index (χ3n) is 10.8. The molecule has 52 heavy (non-hydrogen) atoms. The van der Waals surface area contributed by atoms with Crippen molar-refractivity contribution in [3.05, 3.63) is 164 Å². The molecule has 4 aromatic heterocycles. The number of hydrogen-bond acceptors (Lipinski definition) is 3. The number of hydrogen-bond donors (Lipinski definition) is 0. The van der Waals surface area contributed by atoms with E-state index in [9.17, 15) is 0 Å². The topological polar surface area (TPSA) is 48.0 Å². The van der Waals surface area contributed by atoms with Crippen molar-refractivity contribution in [2.75, 3.05) is 0 Å². The van der Waals surface area contributed by atoms with E-state index in [-0.39, 0.29) is 0 Å². The van der Waals surface area contributed by atoms with E-state index in [4.69, 9.17) is 15.0 Å². The monoisotopic (exact) mass is 661 g/mol. The van der Waals surface area contributed by atoms with Crippen LogP contribution >= 0.6 is 0 Å². The zero-order valence-corrected chi connectivity index (χ0v) is 27.8. The molecule has 5 nitrogen and oxygen atoms in total. The minimum absolute atomic E-state index is 0.804. The molecule has 0 saturated carbocycles. The summed E-state index contributed by atoms with van der Waals surface area (Å²) in [5.74, 6) is 1.73. The second-order valence-electron chi connectivity index (χ2n) is 13.6. The Hall–Kier alpha value is -7.11. The number of imidazole rings is 1. The number of nitrogens with zero attached hydrogens (tertiary/aromatic N) is 5. The van der Waals surface area contributed by atoms with Gasteiger partial charge in [0.1, 0.15) is 11.5 Å². The van der Waals surface area contributed by atoms with Gasteiger partial charge >= 0.3 is 0 Å². The molecule has 0 atom stereocenters. The standard InChI is InChI=1S/C47H27N5/c1-2-13-30(14-3-1)46-49-37-25-26-40-42-41-35(34-17-8-9-19-38(34)52(46)45(37)42)18-10-20-39(41)51(40)47-43(32-22-21-28-11-4-5-15-31(28)27-32)48-36-24-23-29-12-6-7-16-33(29)44(36)50-47/h1-27H. The van der Waals surface area contributed by atoms with E-state index in [1.807, 2.05) is 0 Å². The molecule has 0 amide bonds. The molecule has 0 aliphatic heterocycles. The van der Waals surface area contributed by atoms with Gasteiger partial charge in [-0.05, 0) is 57.9 Å². The first kappa shape index (κ1) is 27.7. The van der Waals surface area contributed by atoms with E-state index in [0.29, 0.717) is 0 Å². The van der Waals surface area contributed by atoms with Crippen LogP contribution < -0.4 is 0 Å². The Balaban J connectivity index is 1.30. The van der Waals surface area contributed by atoms with Gasteiger partial charge in [-0.2, -0.15) is 0 Å². The van der Waals surface area contributed by atoms with Crippen LogP contribution in [0, 0.1) is 0 Å². The molecule has 0 unspecified atom stereocenters. The van der Waals surface area contributed by atoms with Crippen molar-refractivity contribution in [1.82, 2.24) is 23.9 Å².